The molecule has 0 aliphatic carbocycles. The van der Waals surface area contributed by atoms with Crippen molar-refractivity contribution in [2.45, 2.75) is 97.3 Å². The first-order chi connectivity index (χ1) is 8.77. The maximum Gasteiger partial charge on any atom is 0.0822 e. The molecule has 0 aliphatic rings. The van der Waals surface area contributed by atoms with Gasteiger partial charge in [-0.2, -0.15) is 0 Å². The number of unbranched alkanes of at least 4 members (excludes halogenated alkanes) is 11. The Kier molecular flexibility index (Phi) is 15.0. The molecule has 0 aliphatic heterocycles. The summed E-state index contributed by atoms with van der Waals surface area (Å²) in [6.45, 7) is 4.75. The lowest BCUT2D eigenvalue weighted by Gasteiger charge is -2.04. The van der Waals surface area contributed by atoms with Crippen molar-refractivity contribution in [3.8, 4) is 0 Å². The Labute approximate surface area is 115 Å². The van der Waals surface area contributed by atoms with E-state index in [9.17, 15) is 5.11 Å². The van der Waals surface area contributed by atoms with Crippen molar-refractivity contribution in [3.63, 3.8) is 0 Å². The van der Waals surface area contributed by atoms with Crippen LogP contribution in [-0.4, -0.2) is 6.61 Å². The highest BCUT2D eigenvalue weighted by Crippen LogP contribution is 2.13. The third-order valence-corrected chi connectivity index (χ3v) is 3.68. The monoisotopic (exact) mass is 255 g/mol. The minimum atomic E-state index is 0.122. The van der Waals surface area contributed by atoms with Gasteiger partial charge in [0.25, 0.3) is 0 Å². The SMILES string of the molecule is CC(C)CCCCCCCCCCCCCC[O]. The Bertz CT molecular complexity index is 143. The molecule has 1 heteroatoms. The zero-order chi connectivity index (χ0) is 13.5. The molecule has 0 aromatic heterocycles. The molecule has 1 radical (unpaired) electrons. The van der Waals surface area contributed by atoms with Crippen molar-refractivity contribution in [2.24, 2.45) is 5.92 Å². The van der Waals surface area contributed by atoms with Crippen LogP contribution in [0.2, 0.25) is 0 Å². The van der Waals surface area contributed by atoms with Crippen LogP contribution in [0.5, 0.6) is 0 Å². The molecular weight excluding hydrogens is 220 g/mol. The third-order valence-electron chi connectivity index (χ3n) is 3.68. The van der Waals surface area contributed by atoms with Crippen LogP contribution in [0.4, 0.5) is 0 Å². The first-order valence-electron chi connectivity index (χ1n) is 8.35. The van der Waals surface area contributed by atoms with E-state index in [0.29, 0.717) is 0 Å². The molecular formula is C17H35O. The summed E-state index contributed by atoms with van der Waals surface area (Å²) in [5.74, 6) is 0.881. The van der Waals surface area contributed by atoms with E-state index >= 15 is 0 Å². The van der Waals surface area contributed by atoms with E-state index in [1.807, 2.05) is 0 Å². The fourth-order valence-electron chi connectivity index (χ4n) is 2.42. The Hall–Kier alpha value is -0.0400. The minimum Gasteiger partial charge on any atom is -0.237 e. The molecule has 0 aromatic carbocycles. The summed E-state index contributed by atoms with van der Waals surface area (Å²) < 4.78 is 0. The lowest BCUT2D eigenvalue weighted by molar-refractivity contribution is 0.186. The van der Waals surface area contributed by atoms with Crippen LogP contribution in [0.25, 0.3) is 0 Å². The largest absolute Gasteiger partial charge is 0.237 e. The van der Waals surface area contributed by atoms with Crippen molar-refractivity contribution in [1.29, 1.82) is 0 Å². The van der Waals surface area contributed by atoms with Crippen LogP contribution < -0.4 is 0 Å². The van der Waals surface area contributed by atoms with E-state index in [0.717, 1.165) is 18.8 Å². The van der Waals surface area contributed by atoms with Gasteiger partial charge in [0.2, 0.25) is 0 Å². The molecule has 0 saturated heterocycles. The molecule has 0 aromatic rings. The van der Waals surface area contributed by atoms with E-state index < -0.39 is 0 Å². The highest BCUT2D eigenvalue weighted by Gasteiger charge is 1.95. The molecule has 0 amide bonds. The molecule has 0 fully saturated rings. The third kappa shape index (κ3) is 16.0. The number of hydrogen-bond donors (Lipinski definition) is 0. The van der Waals surface area contributed by atoms with E-state index in [2.05, 4.69) is 13.8 Å². The first kappa shape index (κ1) is 18.0. The zero-order valence-electron chi connectivity index (χ0n) is 12.9. The molecule has 0 N–H and O–H groups in total. The van der Waals surface area contributed by atoms with Crippen LogP contribution in [-0.2, 0) is 5.11 Å². The maximum atomic E-state index is 10.2. The summed E-state index contributed by atoms with van der Waals surface area (Å²) in [5, 5.41) is 10.2. The molecule has 0 saturated carbocycles. The second-order valence-corrected chi connectivity index (χ2v) is 6.13. The molecule has 0 spiro atoms. The quantitative estimate of drug-likeness (QED) is 0.332. The van der Waals surface area contributed by atoms with Gasteiger partial charge in [-0.3, -0.25) is 0 Å². The predicted octanol–water partition coefficient (Wildman–Crippen LogP) is 6.14. The van der Waals surface area contributed by atoms with Crippen molar-refractivity contribution < 1.29 is 5.11 Å². The molecule has 109 valence electrons. The van der Waals surface area contributed by atoms with Crippen LogP contribution >= 0.6 is 0 Å². The summed E-state index contributed by atoms with van der Waals surface area (Å²) >= 11 is 0. The molecule has 0 heterocycles. The maximum absolute atomic E-state index is 10.2. The number of rotatable bonds is 14. The summed E-state index contributed by atoms with van der Waals surface area (Å²) in [5.41, 5.74) is 0. The summed E-state index contributed by atoms with van der Waals surface area (Å²) in [6, 6.07) is 0. The topological polar surface area (TPSA) is 19.9 Å². The van der Waals surface area contributed by atoms with Gasteiger partial charge in [-0.25, -0.2) is 5.11 Å². The van der Waals surface area contributed by atoms with Crippen molar-refractivity contribution >= 4 is 0 Å². The van der Waals surface area contributed by atoms with Gasteiger partial charge in [0.15, 0.2) is 0 Å². The molecule has 0 rings (SSSR count). The van der Waals surface area contributed by atoms with Crippen LogP contribution in [0, 0.1) is 5.92 Å². The van der Waals surface area contributed by atoms with Gasteiger partial charge >= 0.3 is 0 Å². The second-order valence-electron chi connectivity index (χ2n) is 6.13. The number of hydrogen-bond acceptors (Lipinski definition) is 0. The van der Waals surface area contributed by atoms with Crippen LogP contribution in [0.3, 0.4) is 0 Å². The highest BCUT2D eigenvalue weighted by atomic mass is 16.2. The Morgan fingerprint density at radius 3 is 1.22 bits per heavy atom. The molecule has 18 heavy (non-hydrogen) atoms. The highest BCUT2D eigenvalue weighted by molar-refractivity contribution is 4.50. The average Bonchev–Trinajstić information content (AvgIpc) is 2.34. The Morgan fingerprint density at radius 1 is 0.556 bits per heavy atom. The van der Waals surface area contributed by atoms with Crippen molar-refractivity contribution in [1.82, 2.24) is 0 Å². The lowest BCUT2D eigenvalue weighted by Crippen LogP contribution is -1.87. The summed E-state index contributed by atoms with van der Waals surface area (Å²) in [6.07, 6.45) is 17.4. The fraction of sp³-hybridized carbons (Fsp3) is 1.00. The fourth-order valence-corrected chi connectivity index (χ4v) is 2.42. The van der Waals surface area contributed by atoms with Gasteiger partial charge in [0.05, 0.1) is 6.61 Å². The molecule has 1 nitrogen and oxygen atoms in total. The van der Waals surface area contributed by atoms with E-state index in [4.69, 9.17) is 0 Å². The van der Waals surface area contributed by atoms with Crippen LogP contribution in [0.15, 0.2) is 0 Å². The lowest BCUT2D eigenvalue weighted by atomic mass is 10.0. The van der Waals surface area contributed by atoms with Crippen LogP contribution in [0.1, 0.15) is 97.3 Å². The van der Waals surface area contributed by atoms with E-state index in [-0.39, 0.29) is 6.61 Å². The van der Waals surface area contributed by atoms with E-state index in [1.54, 1.807) is 0 Å². The second kappa shape index (κ2) is 15.0. The standard InChI is InChI=1S/C17H35O/c1-17(2)15-13-11-9-7-5-3-4-6-8-10-12-14-16-18/h17H,3-16H2,1-2H3. The zero-order valence-corrected chi connectivity index (χ0v) is 12.9. The Morgan fingerprint density at radius 2 is 0.889 bits per heavy atom. The van der Waals surface area contributed by atoms with Crippen molar-refractivity contribution in [2.75, 3.05) is 6.61 Å². The minimum absolute atomic E-state index is 0.122. The average molecular weight is 255 g/mol. The van der Waals surface area contributed by atoms with E-state index in [1.165, 1.54) is 70.6 Å². The normalized spacial score (nSPS) is 11.3. The first-order valence-corrected chi connectivity index (χ1v) is 8.35. The molecule has 0 bridgehead atoms. The van der Waals surface area contributed by atoms with Gasteiger partial charge in [0.1, 0.15) is 0 Å². The smallest absolute Gasteiger partial charge is 0.0822 e. The van der Waals surface area contributed by atoms with Gasteiger partial charge in [0, 0.05) is 0 Å². The Balaban J connectivity index is 2.90. The van der Waals surface area contributed by atoms with Gasteiger partial charge in [-0.1, -0.05) is 90.9 Å². The summed E-state index contributed by atoms with van der Waals surface area (Å²) in [4.78, 5) is 0. The van der Waals surface area contributed by atoms with Gasteiger partial charge in [-0.15, -0.1) is 0 Å². The predicted molar refractivity (Wildman–Crippen MR) is 80.4 cm³/mol. The van der Waals surface area contributed by atoms with Gasteiger partial charge in [-0.05, 0) is 12.3 Å². The molecule has 0 atom stereocenters. The molecule has 0 unspecified atom stereocenters. The summed E-state index contributed by atoms with van der Waals surface area (Å²) in [7, 11) is 0. The van der Waals surface area contributed by atoms with Gasteiger partial charge < -0.3 is 0 Å². The van der Waals surface area contributed by atoms with Crippen molar-refractivity contribution in [3.05, 3.63) is 0 Å².